The molecule has 0 aliphatic carbocycles. The van der Waals surface area contributed by atoms with E-state index in [1.54, 1.807) is 18.9 Å². The summed E-state index contributed by atoms with van der Waals surface area (Å²) in [5.74, 6) is -0.236. The maximum Gasteiger partial charge on any atom is 0.323 e. The summed E-state index contributed by atoms with van der Waals surface area (Å²) in [6.07, 6.45) is 1.80. The Balaban J connectivity index is 4.31. The number of carbonyl (C=O) groups excluding carboxylic acids is 1. The van der Waals surface area contributed by atoms with Gasteiger partial charge in [0, 0.05) is 12.8 Å². The molecule has 0 fully saturated rings. The van der Waals surface area contributed by atoms with Crippen LogP contribution in [0.2, 0.25) is 0 Å². The molecule has 0 radical (unpaired) electrons. The second kappa shape index (κ2) is 6.85. The highest BCUT2D eigenvalue weighted by Gasteiger charge is 2.22. The lowest BCUT2D eigenvalue weighted by atomic mass is 10.2. The fourth-order valence-electron chi connectivity index (χ4n) is 1.36. The van der Waals surface area contributed by atoms with Gasteiger partial charge < -0.3 is 4.74 Å². The van der Waals surface area contributed by atoms with Crippen molar-refractivity contribution in [2.24, 2.45) is 0 Å². The molecule has 0 aromatic carbocycles. The van der Waals surface area contributed by atoms with Crippen LogP contribution >= 0.6 is 0 Å². The highest BCUT2D eigenvalue weighted by atomic mass is 32.2. The van der Waals surface area contributed by atoms with Gasteiger partial charge in [-0.25, -0.2) is 8.42 Å². The first-order valence-corrected chi connectivity index (χ1v) is 7.42. The molecule has 96 valence electrons. The number of rotatable bonds is 7. The maximum atomic E-state index is 11.5. The summed E-state index contributed by atoms with van der Waals surface area (Å²) in [6.45, 7) is 4.31. The number of ether oxygens (including phenoxy) is 1. The van der Waals surface area contributed by atoms with Crippen molar-refractivity contribution in [2.75, 3.05) is 32.2 Å². The van der Waals surface area contributed by atoms with Gasteiger partial charge in [0.05, 0.1) is 12.4 Å². The van der Waals surface area contributed by atoms with Gasteiger partial charge in [0.2, 0.25) is 0 Å². The van der Waals surface area contributed by atoms with Crippen LogP contribution < -0.4 is 0 Å². The molecular formula is C10H21NO4S. The van der Waals surface area contributed by atoms with Crippen LogP contribution in [0.3, 0.4) is 0 Å². The number of carbonyl (C=O) groups is 1. The Morgan fingerprint density at radius 2 is 1.94 bits per heavy atom. The van der Waals surface area contributed by atoms with Gasteiger partial charge in [0.1, 0.15) is 15.9 Å². The third-order valence-electron chi connectivity index (χ3n) is 2.29. The standard InChI is InChI=1S/C10H21NO4S/c1-5-9(10(12)15-6-2)11(3)7-8-16(4,13)14/h9H,5-8H2,1-4H3. The first kappa shape index (κ1) is 15.4. The predicted octanol–water partition coefficient (Wildman–Crippen LogP) is 0.305. The average Bonchev–Trinajstić information content (AvgIpc) is 2.15. The Hall–Kier alpha value is -0.620. The van der Waals surface area contributed by atoms with Crippen molar-refractivity contribution in [3.05, 3.63) is 0 Å². The van der Waals surface area contributed by atoms with Gasteiger partial charge in [-0.15, -0.1) is 0 Å². The molecule has 0 aliphatic rings. The molecule has 0 N–H and O–H groups in total. The molecule has 0 aromatic heterocycles. The SMILES string of the molecule is CCOC(=O)C(CC)N(C)CCS(C)(=O)=O. The lowest BCUT2D eigenvalue weighted by molar-refractivity contribution is -0.149. The van der Waals surface area contributed by atoms with Gasteiger partial charge in [-0.05, 0) is 20.4 Å². The van der Waals surface area contributed by atoms with E-state index in [1.165, 1.54) is 6.26 Å². The van der Waals surface area contributed by atoms with E-state index in [0.29, 0.717) is 19.6 Å². The van der Waals surface area contributed by atoms with Gasteiger partial charge in [-0.2, -0.15) is 0 Å². The third-order valence-corrected chi connectivity index (χ3v) is 3.22. The summed E-state index contributed by atoms with van der Waals surface area (Å²) in [5, 5.41) is 0. The number of hydrogen-bond acceptors (Lipinski definition) is 5. The monoisotopic (exact) mass is 251 g/mol. The highest BCUT2D eigenvalue weighted by molar-refractivity contribution is 7.90. The minimum absolute atomic E-state index is 0.0550. The van der Waals surface area contributed by atoms with Crippen LogP contribution in [0.1, 0.15) is 20.3 Å². The molecule has 0 rings (SSSR count). The minimum Gasteiger partial charge on any atom is -0.465 e. The summed E-state index contributed by atoms with van der Waals surface area (Å²) in [6, 6.07) is -0.360. The van der Waals surface area contributed by atoms with Crippen LogP contribution in [-0.4, -0.2) is 57.5 Å². The van der Waals surface area contributed by atoms with Crippen molar-refractivity contribution in [1.29, 1.82) is 0 Å². The van der Waals surface area contributed by atoms with E-state index in [0.717, 1.165) is 0 Å². The predicted molar refractivity (Wildman–Crippen MR) is 63.1 cm³/mol. The quantitative estimate of drug-likeness (QED) is 0.609. The van der Waals surface area contributed by atoms with Crippen molar-refractivity contribution in [3.63, 3.8) is 0 Å². The zero-order valence-corrected chi connectivity index (χ0v) is 11.2. The van der Waals surface area contributed by atoms with Crippen LogP contribution in [0.25, 0.3) is 0 Å². The van der Waals surface area contributed by atoms with Crippen molar-refractivity contribution in [1.82, 2.24) is 4.90 Å². The van der Waals surface area contributed by atoms with E-state index in [1.807, 2.05) is 6.92 Å². The van der Waals surface area contributed by atoms with Gasteiger partial charge in [-0.3, -0.25) is 9.69 Å². The van der Waals surface area contributed by atoms with Crippen molar-refractivity contribution in [2.45, 2.75) is 26.3 Å². The number of esters is 1. The average molecular weight is 251 g/mol. The molecule has 6 heteroatoms. The Bertz CT molecular complexity index is 313. The van der Waals surface area contributed by atoms with Crippen LogP contribution in [-0.2, 0) is 19.4 Å². The molecular weight excluding hydrogens is 230 g/mol. The fourth-order valence-corrected chi connectivity index (χ4v) is 1.98. The molecule has 0 saturated heterocycles. The van der Waals surface area contributed by atoms with Gasteiger partial charge in [0.15, 0.2) is 0 Å². The summed E-state index contributed by atoms with van der Waals surface area (Å²) in [7, 11) is -1.26. The van der Waals surface area contributed by atoms with Crippen LogP contribution in [0, 0.1) is 0 Å². The molecule has 0 aromatic rings. The van der Waals surface area contributed by atoms with E-state index in [4.69, 9.17) is 4.74 Å². The van der Waals surface area contributed by atoms with E-state index >= 15 is 0 Å². The smallest absolute Gasteiger partial charge is 0.323 e. The second-order valence-corrected chi connectivity index (χ2v) is 6.05. The molecule has 0 heterocycles. The summed E-state index contributed by atoms with van der Waals surface area (Å²) in [5.41, 5.74) is 0. The summed E-state index contributed by atoms with van der Waals surface area (Å²) < 4.78 is 26.9. The number of sulfone groups is 1. The summed E-state index contributed by atoms with van der Waals surface area (Å²) in [4.78, 5) is 13.2. The zero-order valence-electron chi connectivity index (χ0n) is 10.4. The highest BCUT2D eigenvalue weighted by Crippen LogP contribution is 2.04. The Kier molecular flexibility index (Phi) is 6.59. The van der Waals surface area contributed by atoms with Crippen molar-refractivity contribution in [3.8, 4) is 0 Å². The van der Waals surface area contributed by atoms with Gasteiger partial charge in [0.25, 0.3) is 0 Å². The molecule has 0 amide bonds. The van der Waals surface area contributed by atoms with Crippen LogP contribution in [0.4, 0.5) is 0 Å². The number of hydrogen-bond donors (Lipinski definition) is 0. The molecule has 0 saturated carbocycles. The molecule has 0 aliphatic heterocycles. The van der Waals surface area contributed by atoms with Crippen LogP contribution in [0.5, 0.6) is 0 Å². The first-order chi connectivity index (χ1) is 7.31. The van der Waals surface area contributed by atoms with Crippen molar-refractivity contribution < 1.29 is 17.9 Å². The minimum atomic E-state index is -2.99. The Morgan fingerprint density at radius 1 is 1.38 bits per heavy atom. The van der Waals surface area contributed by atoms with E-state index < -0.39 is 9.84 Å². The molecule has 5 nitrogen and oxygen atoms in total. The topological polar surface area (TPSA) is 63.7 Å². The van der Waals surface area contributed by atoms with E-state index in [2.05, 4.69) is 0 Å². The van der Waals surface area contributed by atoms with Gasteiger partial charge >= 0.3 is 5.97 Å². The Morgan fingerprint density at radius 3 is 2.31 bits per heavy atom. The number of likely N-dealkylation sites (N-methyl/N-ethyl adjacent to an activating group) is 1. The second-order valence-electron chi connectivity index (χ2n) is 3.79. The van der Waals surface area contributed by atoms with E-state index in [9.17, 15) is 13.2 Å². The first-order valence-electron chi connectivity index (χ1n) is 5.36. The molecule has 1 atom stereocenters. The van der Waals surface area contributed by atoms with Crippen LogP contribution in [0.15, 0.2) is 0 Å². The third kappa shape index (κ3) is 6.07. The molecule has 16 heavy (non-hydrogen) atoms. The molecule has 0 spiro atoms. The lowest BCUT2D eigenvalue weighted by Crippen LogP contribution is -2.41. The molecule has 0 bridgehead atoms. The zero-order chi connectivity index (χ0) is 12.8. The fraction of sp³-hybridized carbons (Fsp3) is 0.900. The molecule has 1 unspecified atom stereocenters. The van der Waals surface area contributed by atoms with Gasteiger partial charge in [-0.1, -0.05) is 6.92 Å². The summed E-state index contributed by atoms with van der Waals surface area (Å²) >= 11 is 0. The largest absolute Gasteiger partial charge is 0.465 e. The Labute approximate surface area is 97.7 Å². The van der Waals surface area contributed by atoms with Crippen molar-refractivity contribution >= 4 is 15.8 Å². The normalized spacial score (nSPS) is 13.8. The number of nitrogens with zero attached hydrogens (tertiary/aromatic N) is 1. The van der Waals surface area contributed by atoms with E-state index in [-0.39, 0.29) is 17.8 Å². The maximum absolute atomic E-state index is 11.5. The lowest BCUT2D eigenvalue weighted by Gasteiger charge is -2.24.